The first-order chi connectivity index (χ1) is 16.3. The Labute approximate surface area is 198 Å². The van der Waals surface area contributed by atoms with Gasteiger partial charge in [-0.2, -0.15) is 8.78 Å². The lowest BCUT2D eigenvalue weighted by molar-refractivity contribution is -0.114. The van der Waals surface area contributed by atoms with Gasteiger partial charge in [0, 0.05) is 17.6 Å². The first-order valence-electron chi connectivity index (χ1n) is 10.1. The maximum atomic E-state index is 13.4. The molecule has 0 aliphatic rings. The van der Waals surface area contributed by atoms with Crippen LogP contribution in [0.5, 0.6) is 5.75 Å². The number of benzene rings is 3. The number of rotatable bonds is 6. The van der Waals surface area contributed by atoms with E-state index in [1.54, 1.807) is 66.7 Å². The summed E-state index contributed by atoms with van der Waals surface area (Å²) in [6.07, 6.45) is 3.35. The second kappa shape index (κ2) is 9.84. The van der Waals surface area contributed by atoms with Crippen molar-refractivity contribution in [3.8, 4) is 11.4 Å². The Bertz CT molecular complexity index is 1430. The van der Waals surface area contributed by atoms with Crippen molar-refractivity contribution in [2.45, 2.75) is 13.5 Å². The summed E-state index contributed by atoms with van der Waals surface area (Å²) in [6.45, 7) is -1.49. The van der Waals surface area contributed by atoms with Crippen molar-refractivity contribution >= 4 is 46.3 Å². The molecule has 1 amide bonds. The molecule has 1 heterocycles. The second-order valence-corrected chi connectivity index (χ2v) is 7.72. The summed E-state index contributed by atoms with van der Waals surface area (Å²) in [6, 6.07) is 17.7. The number of amides is 1. The van der Waals surface area contributed by atoms with Crippen LogP contribution in [0.2, 0.25) is 5.02 Å². The SMILES string of the molecule is CC(=O)Nc1ccc(-n2c(C=Cc3ccc(OC(F)F)cc3)nc3cc(Cl)ccc3c2=O)cc1. The Hall–Kier alpha value is -4.04. The Balaban J connectivity index is 1.79. The van der Waals surface area contributed by atoms with Crippen molar-refractivity contribution < 1.29 is 18.3 Å². The van der Waals surface area contributed by atoms with Crippen LogP contribution in [-0.2, 0) is 4.79 Å². The summed E-state index contributed by atoms with van der Waals surface area (Å²) < 4.78 is 30.5. The number of aromatic nitrogens is 2. The third kappa shape index (κ3) is 5.29. The van der Waals surface area contributed by atoms with Crippen molar-refractivity contribution in [3.05, 3.63) is 93.5 Å². The summed E-state index contributed by atoms with van der Waals surface area (Å²) in [5.74, 6) is 0.171. The van der Waals surface area contributed by atoms with Crippen molar-refractivity contribution in [2.75, 3.05) is 5.32 Å². The van der Waals surface area contributed by atoms with E-state index >= 15 is 0 Å². The molecule has 0 spiro atoms. The van der Waals surface area contributed by atoms with Gasteiger partial charge in [-0.15, -0.1) is 0 Å². The molecular formula is C25H18ClF2N3O3. The minimum Gasteiger partial charge on any atom is -0.435 e. The molecule has 4 aromatic rings. The average molecular weight is 482 g/mol. The van der Waals surface area contributed by atoms with Gasteiger partial charge in [-0.25, -0.2) is 4.98 Å². The fourth-order valence-corrected chi connectivity index (χ4v) is 3.53. The molecule has 1 aromatic heterocycles. The van der Waals surface area contributed by atoms with E-state index in [9.17, 15) is 18.4 Å². The van der Waals surface area contributed by atoms with Gasteiger partial charge in [0.15, 0.2) is 0 Å². The summed E-state index contributed by atoms with van der Waals surface area (Å²) in [7, 11) is 0. The molecule has 0 aliphatic heterocycles. The molecule has 0 radical (unpaired) electrons. The summed E-state index contributed by atoms with van der Waals surface area (Å²) in [5.41, 5.74) is 1.96. The molecule has 0 atom stereocenters. The molecule has 4 rings (SSSR count). The van der Waals surface area contributed by atoms with Crippen LogP contribution in [0, 0.1) is 0 Å². The lowest BCUT2D eigenvalue weighted by Crippen LogP contribution is -2.22. The van der Waals surface area contributed by atoms with Crippen LogP contribution in [0.3, 0.4) is 0 Å². The molecule has 0 fully saturated rings. The molecule has 3 aromatic carbocycles. The van der Waals surface area contributed by atoms with Gasteiger partial charge < -0.3 is 10.1 Å². The number of nitrogens with one attached hydrogen (secondary N) is 1. The van der Waals surface area contributed by atoms with Crippen LogP contribution in [0.1, 0.15) is 18.3 Å². The number of halogens is 3. The number of ether oxygens (including phenoxy) is 1. The second-order valence-electron chi connectivity index (χ2n) is 7.28. The van der Waals surface area contributed by atoms with E-state index < -0.39 is 6.61 Å². The van der Waals surface area contributed by atoms with Gasteiger partial charge >= 0.3 is 6.61 Å². The molecular weight excluding hydrogens is 464 g/mol. The van der Waals surface area contributed by atoms with Gasteiger partial charge in [-0.3, -0.25) is 14.2 Å². The van der Waals surface area contributed by atoms with E-state index in [1.807, 2.05) is 0 Å². The fourth-order valence-electron chi connectivity index (χ4n) is 3.37. The predicted octanol–water partition coefficient (Wildman–Crippen LogP) is 5.77. The zero-order valence-electron chi connectivity index (χ0n) is 17.8. The molecule has 0 saturated heterocycles. The first kappa shape index (κ1) is 23.1. The standard InChI is InChI=1S/C25H18ClF2N3O3/c1-15(32)29-18-6-8-19(9-7-18)31-23(30-22-14-17(26)5-12-21(22)24(31)33)13-4-16-2-10-20(11-3-16)34-25(27)28/h2-14,25H,1H3,(H,29,32). The van der Waals surface area contributed by atoms with Crippen molar-refractivity contribution in [3.63, 3.8) is 0 Å². The van der Waals surface area contributed by atoms with Crippen molar-refractivity contribution in [1.82, 2.24) is 9.55 Å². The van der Waals surface area contributed by atoms with E-state index in [0.29, 0.717) is 38.7 Å². The van der Waals surface area contributed by atoms with Gasteiger partial charge in [0.2, 0.25) is 5.91 Å². The Kier molecular flexibility index (Phi) is 6.70. The maximum absolute atomic E-state index is 13.4. The Morgan fingerprint density at radius 1 is 1.06 bits per heavy atom. The first-order valence-corrected chi connectivity index (χ1v) is 10.5. The summed E-state index contributed by atoms with van der Waals surface area (Å²) in [5, 5.41) is 3.52. The molecule has 9 heteroatoms. The fraction of sp³-hybridized carbons (Fsp3) is 0.0800. The lowest BCUT2D eigenvalue weighted by atomic mass is 10.2. The zero-order valence-corrected chi connectivity index (χ0v) is 18.6. The van der Waals surface area contributed by atoms with Crippen LogP contribution < -0.4 is 15.6 Å². The minimum atomic E-state index is -2.90. The summed E-state index contributed by atoms with van der Waals surface area (Å²) in [4.78, 5) is 29.3. The maximum Gasteiger partial charge on any atom is 0.387 e. The number of fused-ring (bicyclic) bond motifs is 1. The van der Waals surface area contributed by atoms with Gasteiger partial charge in [-0.05, 0) is 66.2 Å². The monoisotopic (exact) mass is 481 g/mol. The molecule has 34 heavy (non-hydrogen) atoms. The number of carbonyl (C=O) groups excluding carboxylic acids is 1. The van der Waals surface area contributed by atoms with Crippen molar-refractivity contribution in [2.24, 2.45) is 0 Å². The smallest absolute Gasteiger partial charge is 0.387 e. The van der Waals surface area contributed by atoms with Gasteiger partial charge in [-0.1, -0.05) is 29.8 Å². The highest BCUT2D eigenvalue weighted by Crippen LogP contribution is 2.21. The van der Waals surface area contributed by atoms with Gasteiger partial charge in [0.05, 0.1) is 16.6 Å². The van der Waals surface area contributed by atoms with Crippen molar-refractivity contribution in [1.29, 1.82) is 0 Å². The molecule has 0 aliphatic carbocycles. The topological polar surface area (TPSA) is 73.2 Å². The van der Waals surface area contributed by atoms with E-state index in [4.69, 9.17) is 11.6 Å². The number of alkyl halides is 2. The van der Waals surface area contributed by atoms with Crippen LogP contribution in [-0.4, -0.2) is 22.1 Å². The molecule has 0 saturated carbocycles. The Morgan fingerprint density at radius 2 is 1.76 bits per heavy atom. The number of carbonyl (C=O) groups is 1. The summed E-state index contributed by atoms with van der Waals surface area (Å²) >= 11 is 6.10. The van der Waals surface area contributed by atoms with E-state index in [-0.39, 0.29) is 17.2 Å². The van der Waals surface area contributed by atoms with Crippen LogP contribution in [0.4, 0.5) is 14.5 Å². The largest absolute Gasteiger partial charge is 0.435 e. The van der Waals surface area contributed by atoms with Gasteiger partial charge in [0.25, 0.3) is 5.56 Å². The molecule has 6 nitrogen and oxygen atoms in total. The number of nitrogens with zero attached hydrogens (tertiary/aromatic N) is 2. The van der Waals surface area contributed by atoms with Crippen LogP contribution in [0.15, 0.2) is 71.5 Å². The molecule has 1 N–H and O–H groups in total. The van der Waals surface area contributed by atoms with E-state index in [1.165, 1.54) is 23.6 Å². The molecule has 0 bridgehead atoms. The highest BCUT2D eigenvalue weighted by molar-refractivity contribution is 6.31. The lowest BCUT2D eigenvalue weighted by Gasteiger charge is -2.12. The highest BCUT2D eigenvalue weighted by atomic mass is 35.5. The number of hydrogen-bond acceptors (Lipinski definition) is 4. The molecule has 0 unspecified atom stereocenters. The van der Waals surface area contributed by atoms with Crippen LogP contribution in [0.25, 0.3) is 28.7 Å². The minimum absolute atomic E-state index is 0.0433. The third-order valence-corrected chi connectivity index (χ3v) is 5.07. The normalized spacial score (nSPS) is 11.3. The zero-order chi connectivity index (χ0) is 24.2. The predicted molar refractivity (Wildman–Crippen MR) is 129 cm³/mol. The van der Waals surface area contributed by atoms with Gasteiger partial charge in [0.1, 0.15) is 11.6 Å². The number of hydrogen-bond donors (Lipinski definition) is 1. The van der Waals surface area contributed by atoms with E-state index in [2.05, 4.69) is 15.0 Å². The van der Waals surface area contributed by atoms with E-state index in [0.717, 1.165) is 0 Å². The highest BCUT2D eigenvalue weighted by Gasteiger charge is 2.12. The Morgan fingerprint density at radius 3 is 2.41 bits per heavy atom. The average Bonchev–Trinajstić information content (AvgIpc) is 2.78. The third-order valence-electron chi connectivity index (χ3n) is 4.83. The quantitative estimate of drug-likeness (QED) is 0.379. The molecule has 172 valence electrons. The van der Waals surface area contributed by atoms with Crippen LogP contribution >= 0.6 is 11.6 Å². The number of anilines is 1.